The van der Waals surface area contributed by atoms with Gasteiger partial charge in [-0.3, -0.25) is 4.99 Å². The minimum absolute atomic E-state index is 0. The number of guanidine groups is 1. The van der Waals surface area contributed by atoms with Crippen LogP contribution in [0.4, 0.5) is 0 Å². The maximum atomic E-state index is 5.83. The van der Waals surface area contributed by atoms with Gasteiger partial charge >= 0.3 is 0 Å². The molecule has 0 spiro atoms. The van der Waals surface area contributed by atoms with Gasteiger partial charge in [0.2, 0.25) is 0 Å². The second kappa shape index (κ2) is 11.0. The Balaban J connectivity index is 0.00000312. The van der Waals surface area contributed by atoms with Crippen LogP contribution in [0, 0.1) is 6.92 Å². The van der Waals surface area contributed by atoms with Crippen molar-refractivity contribution >= 4 is 29.9 Å². The molecule has 0 bridgehead atoms. The lowest BCUT2D eigenvalue weighted by Gasteiger charge is -2.22. The van der Waals surface area contributed by atoms with Crippen molar-refractivity contribution in [3.05, 3.63) is 47.3 Å². The standard InChI is InChI=1S/C18H26N4O2.HI/c1-5-15-12-16(24-21-15)13-20-18(19-3)22(4)10-11-23-17-9-7-6-8-14(17)2;/h6-9,12H,5,10-11,13H2,1-4H3,(H,19,20);1H. The Morgan fingerprint density at radius 3 is 2.76 bits per heavy atom. The average molecular weight is 458 g/mol. The van der Waals surface area contributed by atoms with Gasteiger partial charge in [0.1, 0.15) is 12.4 Å². The summed E-state index contributed by atoms with van der Waals surface area (Å²) in [5.41, 5.74) is 2.10. The summed E-state index contributed by atoms with van der Waals surface area (Å²) in [5, 5.41) is 7.26. The van der Waals surface area contributed by atoms with Gasteiger partial charge < -0.3 is 19.5 Å². The Labute approximate surface area is 166 Å². The first kappa shape index (κ1) is 21.3. The molecule has 1 N–H and O–H groups in total. The van der Waals surface area contributed by atoms with Gasteiger partial charge in [-0.05, 0) is 25.0 Å². The van der Waals surface area contributed by atoms with E-state index in [2.05, 4.69) is 22.4 Å². The highest BCUT2D eigenvalue weighted by Gasteiger charge is 2.08. The van der Waals surface area contributed by atoms with Crippen LogP contribution in [0.2, 0.25) is 0 Å². The Bertz CT molecular complexity index is 673. The van der Waals surface area contributed by atoms with Gasteiger partial charge in [-0.1, -0.05) is 30.3 Å². The molecule has 25 heavy (non-hydrogen) atoms. The molecule has 7 heteroatoms. The van der Waals surface area contributed by atoms with Crippen LogP contribution in [0.3, 0.4) is 0 Å². The molecule has 0 radical (unpaired) electrons. The van der Waals surface area contributed by atoms with Crippen molar-refractivity contribution in [2.24, 2.45) is 4.99 Å². The topological polar surface area (TPSA) is 62.9 Å². The van der Waals surface area contributed by atoms with Crippen molar-refractivity contribution in [1.29, 1.82) is 0 Å². The molecule has 1 aromatic carbocycles. The van der Waals surface area contributed by atoms with Gasteiger partial charge in [-0.15, -0.1) is 24.0 Å². The van der Waals surface area contributed by atoms with Crippen molar-refractivity contribution in [2.45, 2.75) is 26.8 Å². The Morgan fingerprint density at radius 1 is 1.36 bits per heavy atom. The van der Waals surface area contributed by atoms with E-state index in [0.717, 1.165) is 41.7 Å². The van der Waals surface area contributed by atoms with Gasteiger partial charge in [-0.2, -0.15) is 0 Å². The van der Waals surface area contributed by atoms with Crippen molar-refractivity contribution < 1.29 is 9.26 Å². The first-order valence-electron chi connectivity index (χ1n) is 8.18. The van der Waals surface area contributed by atoms with Crippen LogP contribution >= 0.6 is 24.0 Å². The molecule has 0 unspecified atom stereocenters. The van der Waals surface area contributed by atoms with E-state index in [0.29, 0.717) is 13.2 Å². The second-order valence-corrected chi connectivity index (χ2v) is 5.57. The van der Waals surface area contributed by atoms with E-state index in [1.165, 1.54) is 0 Å². The van der Waals surface area contributed by atoms with Gasteiger partial charge in [0.15, 0.2) is 11.7 Å². The van der Waals surface area contributed by atoms with Crippen LogP contribution < -0.4 is 10.1 Å². The predicted octanol–water partition coefficient (Wildman–Crippen LogP) is 3.25. The normalized spacial score (nSPS) is 11.0. The number of rotatable bonds is 7. The van der Waals surface area contributed by atoms with Gasteiger partial charge in [-0.25, -0.2) is 0 Å². The number of hydrogen-bond acceptors (Lipinski definition) is 4. The summed E-state index contributed by atoms with van der Waals surface area (Å²) in [5.74, 6) is 2.51. The summed E-state index contributed by atoms with van der Waals surface area (Å²) >= 11 is 0. The van der Waals surface area contributed by atoms with E-state index in [9.17, 15) is 0 Å². The lowest BCUT2D eigenvalue weighted by Crippen LogP contribution is -2.40. The molecular weight excluding hydrogens is 431 g/mol. The first-order chi connectivity index (χ1) is 11.6. The van der Waals surface area contributed by atoms with Crippen LogP contribution in [0.15, 0.2) is 39.8 Å². The molecule has 0 fully saturated rings. The molecule has 6 nitrogen and oxygen atoms in total. The molecule has 138 valence electrons. The highest BCUT2D eigenvalue weighted by molar-refractivity contribution is 14.0. The summed E-state index contributed by atoms with van der Waals surface area (Å²) in [4.78, 5) is 6.31. The lowest BCUT2D eigenvalue weighted by atomic mass is 10.2. The third-order valence-electron chi connectivity index (χ3n) is 3.74. The molecule has 1 heterocycles. The van der Waals surface area contributed by atoms with E-state index < -0.39 is 0 Å². The number of nitrogens with one attached hydrogen (secondary N) is 1. The van der Waals surface area contributed by atoms with E-state index in [-0.39, 0.29) is 24.0 Å². The van der Waals surface area contributed by atoms with Crippen LogP contribution in [0.1, 0.15) is 23.9 Å². The van der Waals surface area contributed by atoms with Crippen LogP contribution in [-0.2, 0) is 13.0 Å². The summed E-state index contributed by atoms with van der Waals surface area (Å²) in [7, 11) is 3.74. The molecule has 2 aromatic rings. The molecule has 0 aliphatic rings. The minimum Gasteiger partial charge on any atom is -0.491 e. The highest BCUT2D eigenvalue weighted by Crippen LogP contribution is 2.15. The van der Waals surface area contributed by atoms with Gasteiger partial charge in [0.25, 0.3) is 0 Å². The number of nitrogens with zero attached hydrogens (tertiary/aromatic N) is 3. The Kier molecular flexibility index (Phi) is 9.33. The van der Waals surface area contributed by atoms with E-state index in [1.54, 1.807) is 7.05 Å². The number of para-hydroxylation sites is 1. The largest absolute Gasteiger partial charge is 0.491 e. The number of aromatic nitrogens is 1. The summed E-state index contributed by atoms with van der Waals surface area (Å²) in [6.45, 7) is 5.97. The first-order valence-corrected chi connectivity index (χ1v) is 8.18. The van der Waals surface area contributed by atoms with Crippen LogP contribution in [0.25, 0.3) is 0 Å². The highest BCUT2D eigenvalue weighted by atomic mass is 127. The van der Waals surface area contributed by atoms with E-state index in [1.807, 2.05) is 49.2 Å². The fourth-order valence-electron chi connectivity index (χ4n) is 2.27. The maximum absolute atomic E-state index is 5.83. The van der Waals surface area contributed by atoms with Gasteiger partial charge in [0.05, 0.1) is 18.8 Å². The third kappa shape index (κ3) is 6.56. The number of benzene rings is 1. The van der Waals surface area contributed by atoms with E-state index in [4.69, 9.17) is 9.26 Å². The molecule has 2 rings (SSSR count). The molecular formula is C18H27IN4O2. The number of hydrogen-bond donors (Lipinski definition) is 1. The number of ether oxygens (including phenoxy) is 1. The molecule has 0 atom stereocenters. The average Bonchev–Trinajstić information content (AvgIpc) is 3.05. The summed E-state index contributed by atoms with van der Waals surface area (Å²) < 4.78 is 11.1. The van der Waals surface area contributed by atoms with Crippen molar-refractivity contribution in [1.82, 2.24) is 15.4 Å². The predicted molar refractivity (Wildman–Crippen MR) is 111 cm³/mol. The smallest absolute Gasteiger partial charge is 0.193 e. The van der Waals surface area contributed by atoms with Crippen LogP contribution in [0.5, 0.6) is 5.75 Å². The summed E-state index contributed by atoms with van der Waals surface area (Å²) in [6, 6.07) is 9.97. The van der Waals surface area contributed by atoms with Gasteiger partial charge in [0, 0.05) is 20.2 Å². The monoisotopic (exact) mass is 458 g/mol. The Hall–Kier alpha value is -1.77. The molecule has 0 saturated carbocycles. The van der Waals surface area contributed by atoms with Crippen molar-refractivity contribution in [3.63, 3.8) is 0 Å². The SMILES string of the molecule is CCc1cc(CNC(=NC)N(C)CCOc2ccccc2C)on1.I. The van der Waals surface area contributed by atoms with Crippen LogP contribution in [-0.4, -0.2) is 43.3 Å². The zero-order valence-electron chi connectivity index (χ0n) is 15.3. The maximum Gasteiger partial charge on any atom is 0.193 e. The zero-order chi connectivity index (χ0) is 17.4. The van der Waals surface area contributed by atoms with Crippen molar-refractivity contribution in [3.8, 4) is 5.75 Å². The van der Waals surface area contributed by atoms with E-state index >= 15 is 0 Å². The third-order valence-corrected chi connectivity index (χ3v) is 3.74. The number of halogens is 1. The number of aliphatic imine (C=N–C) groups is 1. The van der Waals surface area contributed by atoms with Crippen molar-refractivity contribution in [2.75, 3.05) is 27.2 Å². The summed E-state index contributed by atoms with van der Waals surface area (Å²) in [6.07, 6.45) is 0.869. The minimum atomic E-state index is 0. The Morgan fingerprint density at radius 2 is 2.12 bits per heavy atom. The number of aryl methyl sites for hydroxylation is 2. The fraction of sp³-hybridized carbons (Fsp3) is 0.444. The molecule has 1 aromatic heterocycles. The lowest BCUT2D eigenvalue weighted by molar-refractivity contribution is 0.279. The fourth-order valence-corrected chi connectivity index (χ4v) is 2.27. The molecule has 0 amide bonds. The molecule has 0 aliphatic carbocycles. The second-order valence-electron chi connectivity index (χ2n) is 5.57. The molecule has 0 aliphatic heterocycles. The quantitative estimate of drug-likeness (QED) is 0.392. The zero-order valence-corrected chi connectivity index (χ0v) is 17.6. The number of likely N-dealkylation sites (N-methyl/N-ethyl adjacent to an activating group) is 1. The molecule has 0 saturated heterocycles.